The van der Waals surface area contributed by atoms with Gasteiger partial charge in [-0.1, -0.05) is 0 Å². The zero-order valence-corrected chi connectivity index (χ0v) is 8.77. The van der Waals surface area contributed by atoms with Crippen LogP contribution in [-0.4, -0.2) is 15.8 Å². The van der Waals surface area contributed by atoms with Crippen molar-refractivity contribution in [2.24, 2.45) is 0 Å². The molecule has 0 atom stereocenters. The highest BCUT2D eigenvalue weighted by Gasteiger charge is 2.10. The largest absolute Gasteiger partial charge is 0.375 e. The number of aromatic nitrogens is 2. The maximum Gasteiger partial charge on any atom is 0.187 e. The van der Waals surface area contributed by atoms with E-state index in [2.05, 4.69) is 9.97 Å². The zero-order chi connectivity index (χ0) is 9.97. The molecular weight excluding hydrogens is 218 g/mol. The Morgan fingerprint density at radius 2 is 2.36 bits per heavy atom. The normalized spacial score (nSPS) is 10.3. The molecule has 14 heavy (non-hydrogen) atoms. The molecule has 0 aliphatic rings. The van der Waals surface area contributed by atoms with Gasteiger partial charge in [0.05, 0.1) is 17.6 Å². The minimum atomic E-state index is -0.0171. The monoisotopic (exact) mass is 225 g/mol. The number of carbonyl (C=O) groups is 1. The van der Waals surface area contributed by atoms with E-state index in [-0.39, 0.29) is 12.2 Å². The Morgan fingerprint density at radius 1 is 1.50 bits per heavy atom. The van der Waals surface area contributed by atoms with Crippen molar-refractivity contribution in [2.45, 2.75) is 6.42 Å². The number of Topliss-reactive ketones (excluding diaryl/α,β-unsaturated/α-hetero) is 1. The third-order valence-electron chi connectivity index (χ3n) is 1.63. The van der Waals surface area contributed by atoms with Crippen molar-refractivity contribution in [3.63, 3.8) is 0 Å². The van der Waals surface area contributed by atoms with Gasteiger partial charge in [-0.05, 0) is 0 Å². The lowest BCUT2D eigenvalue weighted by atomic mass is 10.2. The summed E-state index contributed by atoms with van der Waals surface area (Å²) in [5.74, 6) is -0.0171. The Morgan fingerprint density at radius 3 is 2.93 bits per heavy atom. The minimum Gasteiger partial charge on any atom is -0.375 e. The summed E-state index contributed by atoms with van der Waals surface area (Å²) in [7, 11) is 0. The summed E-state index contributed by atoms with van der Waals surface area (Å²) >= 11 is 2.75. The minimum absolute atomic E-state index is 0.0171. The van der Waals surface area contributed by atoms with Crippen molar-refractivity contribution in [1.82, 2.24) is 9.97 Å². The Balaban J connectivity index is 2.09. The standard InChI is InChI=1S/C8H7N3OS2/c9-8-11-5(2-14-8)1-7(12)6-3-13-4-10-6/h2-4H,1H2,(H2,9,11). The van der Waals surface area contributed by atoms with Gasteiger partial charge in [0.25, 0.3) is 0 Å². The summed E-state index contributed by atoms with van der Waals surface area (Å²) in [6, 6.07) is 0. The molecule has 0 aromatic carbocycles. The van der Waals surface area contributed by atoms with Crippen molar-refractivity contribution >= 4 is 33.6 Å². The van der Waals surface area contributed by atoms with Crippen molar-refractivity contribution in [2.75, 3.05) is 5.73 Å². The van der Waals surface area contributed by atoms with Crippen LogP contribution in [0, 0.1) is 0 Å². The lowest BCUT2D eigenvalue weighted by Gasteiger charge is -1.92. The predicted molar refractivity (Wildman–Crippen MR) is 56.7 cm³/mol. The second-order valence-electron chi connectivity index (χ2n) is 2.65. The van der Waals surface area contributed by atoms with E-state index in [0.717, 1.165) is 0 Å². The molecule has 0 unspecified atom stereocenters. The number of rotatable bonds is 3. The highest BCUT2D eigenvalue weighted by atomic mass is 32.1. The molecule has 2 aromatic rings. The Kier molecular flexibility index (Phi) is 2.55. The Hall–Kier alpha value is -1.27. The fourth-order valence-corrected chi connectivity index (χ4v) is 2.13. The van der Waals surface area contributed by atoms with Crippen molar-refractivity contribution in [3.05, 3.63) is 27.7 Å². The van der Waals surface area contributed by atoms with E-state index in [1.165, 1.54) is 22.7 Å². The summed E-state index contributed by atoms with van der Waals surface area (Å²) in [6.45, 7) is 0. The van der Waals surface area contributed by atoms with Gasteiger partial charge in [-0.15, -0.1) is 22.7 Å². The van der Waals surface area contributed by atoms with Crippen LogP contribution in [0.2, 0.25) is 0 Å². The van der Waals surface area contributed by atoms with E-state index in [1.54, 1.807) is 16.3 Å². The summed E-state index contributed by atoms with van der Waals surface area (Å²) in [5.41, 5.74) is 8.31. The SMILES string of the molecule is Nc1nc(CC(=O)c2cscn2)cs1. The summed E-state index contributed by atoms with van der Waals surface area (Å²) < 4.78 is 0. The zero-order valence-electron chi connectivity index (χ0n) is 7.14. The molecule has 2 N–H and O–H groups in total. The maximum absolute atomic E-state index is 11.6. The van der Waals surface area contributed by atoms with Crippen LogP contribution in [0.5, 0.6) is 0 Å². The average molecular weight is 225 g/mol. The molecule has 0 spiro atoms. The lowest BCUT2D eigenvalue weighted by Crippen LogP contribution is -2.04. The first-order valence-corrected chi connectivity index (χ1v) is 5.69. The highest BCUT2D eigenvalue weighted by Crippen LogP contribution is 2.13. The second-order valence-corrected chi connectivity index (χ2v) is 4.26. The molecule has 2 heterocycles. The molecule has 2 aromatic heterocycles. The quantitative estimate of drug-likeness (QED) is 0.806. The van der Waals surface area contributed by atoms with Gasteiger partial charge in [-0.3, -0.25) is 4.79 Å². The fraction of sp³-hybridized carbons (Fsp3) is 0.125. The predicted octanol–water partition coefficient (Wildman–Crippen LogP) is 1.61. The van der Waals surface area contributed by atoms with Crippen LogP contribution in [0.4, 0.5) is 5.13 Å². The number of hydrogen-bond donors (Lipinski definition) is 1. The van der Waals surface area contributed by atoms with Gasteiger partial charge in [0.1, 0.15) is 5.69 Å². The number of carbonyl (C=O) groups excluding carboxylic acids is 1. The van der Waals surface area contributed by atoms with Crippen molar-refractivity contribution in [3.8, 4) is 0 Å². The van der Waals surface area contributed by atoms with Crippen molar-refractivity contribution in [1.29, 1.82) is 0 Å². The number of ketones is 1. The van der Waals surface area contributed by atoms with Gasteiger partial charge in [0, 0.05) is 10.8 Å². The molecule has 0 radical (unpaired) electrons. The van der Waals surface area contributed by atoms with E-state index in [1.807, 2.05) is 0 Å². The number of nitrogen functional groups attached to an aromatic ring is 1. The van der Waals surface area contributed by atoms with E-state index in [0.29, 0.717) is 16.5 Å². The fourth-order valence-electron chi connectivity index (χ4n) is 1.01. The van der Waals surface area contributed by atoms with Gasteiger partial charge in [-0.2, -0.15) is 0 Å². The first kappa shape index (κ1) is 9.29. The smallest absolute Gasteiger partial charge is 0.187 e. The summed E-state index contributed by atoms with van der Waals surface area (Å²) in [4.78, 5) is 19.5. The van der Waals surface area contributed by atoms with Gasteiger partial charge in [0.2, 0.25) is 0 Å². The molecule has 2 rings (SSSR count). The molecule has 4 nitrogen and oxygen atoms in total. The van der Waals surface area contributed by atoms with Crippen LogP contribution in [0.25, 0.3) is 0 Å². The third-order valence-corrected chi connectivity index (χ3v) is 2.94. The van der Waals surface area contributed by atoms with Crippen LogP contribution in [0.1, 0.15) is 16.2 Å². The molecule has 0 saturated heterocycles. The average Bonchev–Trinajstić information content (AvgIpc) is 2.75. The van der Waals surface area contributed by atoms with Crippen molar-refractivity contribution < 1.29 is 4.79 Å². The molecule has 6 heteroatoms. The van der Waals surface area contributed by atoms with Crippen LogP contribution in [0.3, 0.4) is 0 Å². The number of thiazole rings is 2. The van der Waals surface area contributed by atoms with E-state index >= 15 is 0 Å². The van der Waals surface area contributed by atoms with Gasteiger partial charge < -0.3 is 5.73 Å². The number of nitrogens with two attached hydrogens (primary N) is 1. The maximum atomic E-state index is 11.6. The first-order valence-electron chi connectivity index (χ1n) is 3.87. The molecule has 0 aliphatic heterocycles. The van der Waals surface area contributed by atoms with Crippen LogP contribution in [-0.2, 0) is 6.42 Å². The van der Waals surface area contributed by atoms with E-state index in [4.69, 9.17) is 5.73 Å². The van der Waals surface area contributed by atoms with Crippen LogP contribution >= 0.6 is 22.7 Å². The van der Waals surface area contributed by atoms with Gasteiger partial charge in [-0.25, -0.2) is 9.97 Å². The molecule has 0 aliphatic carbocycles. The molecule has 0 amide bonds. The Labute approximate surface area is 88.4 Å². The highest BCUT2D eigenvalue weighted by molar-refractivity contribution is 7.13. The van der Waals surface area contributed by atoms with Gasteiger partial charge >= 0.3 is 0 Å². The molecular formula is C8H7N3OS2. The molecule has 0 bridgehead atoms. The second kappa shape index (κ2) is 3.85. The number of anilines is 1. The first-order chi connectivity index (χ1) is 6.75. The topological polar surface area (TPSA) is 68.9 Å². The third kappa shape index (κ3) is 1.97. The van der Waals surface area contributed by atoms with E-state index < -0.39 is 0 Å². The van der Waals surface area contributed by atoms with Crippen LogP contribution < -0.4 is 5.73 Å². The number of nitrogens with zero attached hydrogens (tertiary/aromatic N) is 2. The van der Waals surface area contributed by atoms with Crippen LogP contribution in [0.15, 0.2) is 16.3 Å². The lowest BCUT2D eigenvalue weighted by molar-refractivity contribution is 0.0988. The summed E-state index contributed by atoms with van der Waals surface area (Å²) in [6.07, 6.45) is 0.275. The molecule has 72 valence electrons. The summed E-state index contributed by atoms with van der Waals surface area (Å²) in [5, 5.41) is 4.02. The Bertz CT molecular complexity index is 435. The molecule has 0 saturated carbocycles. The van der Waals surface area contributed by atoms with Gasteiger partial charge in [0.15, 0.2) is 10.9 Å². The van der Waals surface area contributed by atoms with E-state index in [9.17, 15) is 4.79 Å². The number of hydrogen-bond acceptors (Lipinski definition) is 6. The molecule has 0 fully saturated rings.